The Bertz CT molecular complexity index is 1040. The van der Waals surface area contributed by atoms with Crippen LogP contribution in [0.25, 0.3) is 0 Å². The second-order valence-corrected chi connectivity index (χ2v) is 9.64. The van der Waals surface area contributed by atoms with E-state index in [2.05, 4.69) is 21.7 Å². The number of para-hydroxylation sites is 1. The van der Waals surface area contributed by atoms with Crippen molar-refractivity contribution >= 4 is 51.4 Å². The van der Waals surface area contributed by atoms with Gasteiger partial charge in [-0.2, -0.15) is 0 Å². The fourth-order valence-electron chi connectivity index (χ4n) is 3.63. The van der Waals surface area contributed by atoms with Crippen molar-refractivity contribution in [2.45, 2.75) is 30.6 Å². The first-order valence-electron chi connectivity index (χ1n) is 10.5. The predicted molar refractivity (Wildman–Crippen MR) is 140 cm³/mol. The number of carbonyl (C=O) groups is 1. The Balaban J connectivity index is 0.00000363. The quantitative estimate of drug-likeness (QED) is 0.221. The largest absolute Gasteiger partial charge is 0.356 e. The van der Waals surface area contributed by atoms with Crippen molar-refractivity contribution in [3.05, 3.63) is 59.7 Å². The first kappa shape index (κ1) is 26.1. The summed E-state index contributed by atoms with van der Waals surface area (Å²) >= 11 is 0. The number of hydrogen-bond acceptors (Lipinski definition) is 4. The molecule has 1 heterocycles. The number of sulfone groups is 1. The lowest BCUT2D eigenvalue weighted by atomic mass is 10.1. The van der Waals surface area contributed by atoms with Crippen LogP contribution >= 0.6 is 24.0 Å². The highest BCUT2D eigenvalue weighted by molar-refractivity contribution is 14.0. The number of nitrogens with zero attached hydrogens (tertiary/aromatic N) is 2. The van der Waals surface area contributed by atoms with Crippen molar-refractivity contribution in [2.24, 2.45) is 4.99 Å². The number of hydrogen-bond donors (Lipinski definition) is 2. The standard InChI is InChI=1S/C23H30N4O3S.HI/c1-24-23(26-16-13-18-9-11-20(12-10-18)31(2,29)30)25-15-5-8-22(28)27-17-14-19-6-3-4-7-21(19)27;/h3-4,6-7,9-12H,5,8,13-17H2,1-2H3,(H2,24,25,26);1H. The number of amides is 1. The van der Waals surface area contributed by atoms with Crippen molar-refractivity contribution in [2.75, 3.05) is 37.8 Å². The fourth-order valence-corrected chi connectivity index (χ4v) is 4.26. The van der Waals surface area contributed by atoms with Crippen molar-refractivity contribution in [3.63, 3.8) is 0 Å². The van der Waals surface area contributed by atoms with Gasteiger partial charge >= 0.3 is 0 Å². The van der Waals surface area contributed by atoms with Crippen LogP contribution < -0.4 is 15.5 Å². The molecule has 7 nitrogen and oxygen atoms in total. The van der Waals surface area contributed by atoms with Crippen molar-refractivity contribution in [3.8, 4) is 0 Å². The van der Waals surface area contributed by atoms with E-state index in [1.54, 1.807) is 19.2 Å². The number of rotatable bonds is 8. The Morgan fingerprint density at radius 2 is 1.75 bits per heavy atom. The summed E-state index contributed by atoms with van der Waals surface area (Å²) in [4.78, 5) is 19.0. The Morgan fingerprint density at radius 1 is 1.06 bits per heavy atom. The molecule has 1 aliphatic rings. The van der Waals surface area contributed by atoms with Crippen molar-refractivity contribution < 1.29 is 13.2 Å². The number of halogens is 1. The molecular weight excluding hydrogens is 539 g/mol. The predicted octanol–water partition coefficient (Wildman–Crippen LogP) is 2.79. The smallest absolute Gasteiger partial charge is 0.227 e. The molecule has 2 N–H and O–H groups in total. The van der Waals surface area contributed by atoms with E-state index in [0.717, 1.165) is 37.1 Å². The molecule has 0 spiro atoms. The molecule has 9 heteroatoms. The monoisotopic (exact) mass is 570 g/mol. The lowest BCUT2D eigenvalue weighted by Gasteiger charge is -2.17. The van der Waals surface area contributed by atoms with Gasteiger partial charge in [0, 0.05) is 45.0 Å². The van der Waals surface area contributed by atoms with E-state index in [1.807, 2.05) is 35.2 Å². The zero-order chi connectivity index (χ0) is 22.3. The molecule has 0 aromatic heterocycles. The number of guanidine groups is 1. The maximum atomic E-state index is 12.6. The van der Waals surface area contributed by atoms with E-state index in [1.165, 1.54) is 11.8 Å². The van der Waals surface area contributed by atoms with Crippen LogP contribution in [0, 0.1) is 0 Å². The molecule has 0 atom stereocenters. The van der Waals surface area contributed by atoms with Crippen LogP contribution in [0.5, 0.6) is 0 Å². The number of aliphatic imine (C=N–C) groups is 1. The molecule has 0 aliphatic carbocycles. The van der Waals surface area contributed by atoms with E-state index in [9.17, 15) is 13.2 Å². The van der Waals surface area contributed by atoms with Gasteiger partial charge in [0.25, 0.3) is 0 Å². The van der Waals surface area contributed by atoms with Gasteiger partial charge in [-0.3, -0.25) is 9.79 Å². The van der Waals surface area contributed by atoms with Crippen LogP contribution in [-0.2, 0) is 27.5 Å². The van der Waals surface area contributed by atoms with Gasteiger partial charge in [0.15, 0.2) is 15.8 Å². The zero-order valence-electron chi connectivity index (χ0n) is 18.5. The van der Waals surface area contributed by atoms with Crippen molar-refractivity contribution in [1.82, 2.24) is 10.6 Å². The number of fused-ring (bicyclic) bond motifs is 1. The molecule has 0 saturated heterocycles. The van der Waals surface area contributed by atoms with Crippen LogP contribution in [0.4, 0.5) is 5.69 Å². The molecule has 3 rings (SSSR count). The van der Waals surface area contributed by atoms with Gasteiger partial charge in [-0.1, -0.05) is 30.3 Å². The Kier molecular flexibility index (Phi) is 9.95. The second kappa shape index (κ2) is 12.2. The minimum Gasteiger partial charge on any atom is -0.356 e. The Morgan fingerprint density at radius 3 is 2.44 bits per heavy atom. The Labute approximate surface area is 207 Å². The molecule has 174 valence electrons. The summed E-state index contributed by atoms with van der Waals surface area (Å²) in [5.74, 6) is 0.846. The molecule has 0 bridgehead atoms. The van der Waals surface area contributed by atoms with Gasteiger partial charge in [0.05, 0.1) is 4.90 Å². The molecule has 0 fully saturated rings. The van der Waals surface area contributed by atoms with Gasteiger partial charge in [-0.05, 0) is 48.6 Å². The summed E-state index contributed by atoms with van der Waals surface area (Å²) in [5.41, 5.74) is 3.33. The van der Waals surface area contributed by atoms with Gasteiger partial charge in [0.1, 0.15) is 0 Å². The number of nitrogens with one attached hydrogen (secondary N) is 2. The summed E-state index contributed by atoms with van der Waals surface area (Å²) in [7, 11) is -1.46. The van der Waals surface area contributed by atoms with Crippen molar-refractivity contribution in [1.29, 1.82) is 0 Å². The van der Waals surface area contributed by atoms with E-state index >= 15 is 0 Å². The molecule has 0 radical (unpaired) electrons. The average Bonchev–Trinajstić information content (AvgIpc) is 3.19. The van der Waals surface area contributed by atoms with Gasteiger partial charge in [-0.25, -0.2) is 8.42 Å². The maximum absolute atomic E-state index is 12.6. The Hall–Kier alpha value is -2.14. The topological polar surface area (TPSA) is 90.9 Å². The number of benzene rings is 2. The highest BCUT2D eigenvalue weighted by Gasteiger charge is 2.23. The van der Waals surface area contributed by atoms with Crippen LogP contribution in [0.3, 0.4) is 0 Å². The van der Waals surface area contributed by atoms with Gasteiger partial charge in [0.2, 0.25) is 5.91 Å². The first-order chi connectivity index (χ1) is 14.9. The summed E-state index contributed by atoms with van der Waals surface area (Å²) in [6.07, 6.45) is 4.10. The molecule has 1 aliphatic heterocycles. The second-order valence-electron chi connectivity index (χ2n) is 7.62. The number of carbonyl (C=O) groups excluding carboxylic acids is 1. The van der Waals surface area contributed by atoms with E-state index in [-0.39, 0.29) is 29.9 Å². The highest BCUT2D eigenvalue weighted by Crippen LogP contribution is 2.27. The summed E-state index contributed by atoms with van der Waals surface area (Å²) in [6, 6.07) is 15.0. The van der Waals surface area contributed by atoms with Gasteiger partial charge in [-0.15, -0.1) is 24.0 Å². The third kappa shape index (κ3) is 7.19. The van der Waals surface area contributed by atoms with Crippen LogP contribution in [-0.4, -0.2) is 53.2 Å². The molecule has 0 saturated carbocycles. The first-order valence-corrected chi connectivity index (χ1v) is 12.4. The normalized spacial score (nSPS) is 13.3. The van der Waals surface area contributed by atoms with Crippen LogP contribution in [0.1, 0.15) is 24.0 Å². The molecule has 2 aromatic carbocycles. The third-order valence-electron chi connectivity index (χ3n) is 5.33. The minimum atomic E-state index is -3.17. The van der Waals surface area contributed by atoms with E-state index < -0.39 is 9.84 Å². The lowest BCUT2D eigenvalue weighted by molar-refractivity contribution is -0.118. The summed E-state index contributed by atoms with van der Waals surface area (Å²) in [6.45, 7) is 2.09. The van der Waals surface area contributed by atoms with Crippen LogP contribution in [0.15, 0.2) is 58.4 Å². The zero-order valence-corrected chi connectivity index (χ0v) is 21.7. The number of anilines is 1. The third-order valence-corrected chi connectivity index (χ3v) is 6.46. The summed E-state index contributed by atoms with van der Waals surface area (Å²) in [5, 5.41) is 6.48. The van der Waals surface area contributed by atoms with E-state index in [0.29, 0.717) is 30.4 Å². The molecule has 32 heavy (non-hydrogen) atoms. The molecule has 1 amide bonds. The average molecular weight is 570 g/mol. The molecule has 2 aromatic rings. The SMILES string of the molecule is CN=C(NCCCC(=O)N1CCc2ccccc21)NCCc1ccc(S(C)(=O)=O)cc1.I. The lowest BCUT2D eigenvalue weighted by Crippen LogP contribution is -2.39. The van der Waals surface area contributed by atoms with Gasteiger partial charge < -0.3 is 15.5 Å². The summed E-state index contributed by atoms with van der Waals surface area (Å²) < 4.78 is 23.0. The molecular formula is C23H31IN4O3S. The maximum Gasteiger partial charge on any atom is 0.227 e. The van der Waals surface area contributed by atoms with Crippen LogP contribution in [0.2, 0.25) is 0 Å². The fraction of sp³-hybridized carbons (Fsp3) is 0.391. The highest BCUT2D eigenvalue weighted by atomic mass is 127. The van der Waals surface area contributed by atoms with E-state index in [4.69, 9.17) is 0 Å². The molecule has 0 unspecified atom stereocenters. The minimum absolute atomic E-state index is 0.